The van der Waals surface area contributed by atoms with Crippen molar-refractivity contribution in [2.24, 2.45) is 0 Å². The first-order valence-electron chi connectivity index (χ1n) is 7.97. The minimum absolute atomic E-state index is 0.0815. The fourth-order valence-corrected chi connectivity index (χ4v) is 1.43. The van der Waals surface area contributed by atoms with Gasteiger partial charge in [-0.3, -0.25) is 4.79 Å². The van der Waals surface area contributed by atoms with Crippen molar-refractivity contribution >= 4 is 11.9 Å². The Morgan fingerprint density at radius 2 is 1.12 bits per heavy atom. The van der Waals surface area contributed by atoms with Crippen LogP contribution in [0.1, 0.15) is 27.7 Å². The highest BCUT2D eigenvalue weighted by Gasteiger charge is 2.15. The Labute approximate surface area is 143 Å². The third-order valence-electron chi connectivity index (χ3n) is 2.29. The van der Waals surface area contributed by atoms with Crippen LogP contribution in [-0.4, -0.2) is 77.0 Å². The molecule has 8 nitrogen and oxygen atoms in total. The topological polar surface area (TPSA) is 89.5 Å². The van der Waals surface area contributed by atoms with Gasteiger partial charge in [0.2, 0.25) is 0 Å². The molecule has 0 aliphatic heterocycles. The summed E-state index contributed by atoms with van der Waals surface area (Å²) in [6.07, 6.45) is 0. The fraction of sp³-hybridized carbons (Fsp3) is 0.875. The van der Waals surface area contributed by atoms with Gasteiger partial charge in [-0.25, -0.2) is 4.79 Å². The molecule has 0 aliphatic carbocycles. The number of carbonyl (C=O) groups is 2. The van der Waals surface area contributed by atoms with Gasteiger partial charge in [0.15, 0.2) is 0 Å². The Morgan fingerprint density at radius 3 is 1.54 bits per heavy atom. The highest BCUT2D eigenvalue weighted by Crippen LogP contribution is 2.06. The summed E-state index contributed by atoms with van der Waals surface area (Å²) in [5, 5.41) is 0. The molecule has 0 aromatic rings. The standard InChI is InChI=1S/C16H30O8/c1-14(17)23-12-11-21-8-7-19-5-6-20-9-10-22-13-15(18)24-16(2,3)4/h5-13H2,1-4H3. The maximum Gasteiger partial charge on any atom is 0.332 e. The van der Waals surface area contributed by atoms with Crippen molar-refractivity contribution in [2.75, 3.05) is 59.5 Å². The number of ether oxygens (including phenoxy) is 6. The average Bonchev–Trinajstić information content (AvgIpc) is 2.45. The Kier molecular flexibility index (Phi) is 13.4. The van der Waals surface area contributed by atoms with E-state index in [-0.39, 0.29) is 25.2 Å². The van der Waals surface area contributed by atoms with Crippen LogP contribution in [0.3, 0.4) is 0 Å². The molecule has 0 unspecified atom stereocenters. The molecule has 0 saturated carbocycles. The largest absolute Gasteiger partial charge is 0.463 e. The Balaban J connectivity index is 3.18. The number of hydrogen-bond acceptors (Lipinski definition) is 8. The van der Waals surface area contributed by atoms with Crippen molar-refractivity contribution < 1.29 is 38.0 Å². The SMILES string of the molecule is CC(=O)OCCOCCOCCOCCOCC(=O)OC(C)(C)C. The molecule has 0 saturated heterocycles. The van der Waals surface area contributed by atoms with Crippen LogP contribution in [0.5, 0.6) is 0 Å². The zero-order valence-corrected chi connectivity index (χ0v) is 15.1. The zero-order chi connectivity index (χ0) is 18.3. The summed E-state index contributed by atoms with van der Waals surface area (Å²) in [6.45, 7) is 9.74. The molecule has 0 amide bonds. The van der Waals surface area contributed by atoms with Gasteiger partial charge in [0, 0.05) is 6.92 Å². The second-order valence-corrected chi connectivity index (χ2v) is 5.82. The lowest BCUT2D eigenvalue weighted by Gasteiger charge is -2.19. The van der Waals surface area contributed by atoms with Crippen molar-refractivity contribution in [2.45, 2.75) is 33.3 Å². The quantitative estimate of drug-likeness (QED) is 0.338. The van der Waals surface area contributed by atoms with Gasteiger partial charge in [-0.15, -0.1) is 0 Å². The van der Waals surface area contributed by atoms with Crippen molar-refractivity contribution in [3.63, 3.8) is 0 Å². The van der Waals surface area contributed by atoms with Crippen molar-refractivity contribution in [1.29, 1.82) is 0 Å². The van der Waals surface area contributed by atoms with Crippen molar-refractivity contribution in [1.82, 2.24) is 0 Å². The van der Waals surface area contributed by atoms with E-state index in [9.17, 15) is 9.59 Å². The molecule has 0 atom stereocenters. The molecule has 0 fully saturated rings. The third kappa shape index (κ3) is 18.8. The van der Waals surface area contributed by atoms with Gasteiger partial charge >= 0.3 is 11.9 Å². The summed E-state index contributed by atoms with van der Waals surface area (Å²) in [7, 11) is 0. The molecule has 0 heterocycles. The molecule has 0 aliphatic rings. The van der Waals surface area contributed by atoms with Crippen LogP contribution in [0.15, 0.2) is 0 Å². The van der Waals surface area contributed by atoms with Crippen LogP contribution in [0.25, 0.3) is 0 Å². The normalized spacial score (nSPS) is 11.3. The lowest BCUT2D eigenvalue weighted by molar-refractivity contribution is -0.160. The maximum atomic E-state index is 11.3. The van der Waals surface area contributed by atoms with Crippen LogP contribution in [0.2, 0.25) is 0 Å². The van der Waals surface area contributed by atoms with Gasteiger partial charge in [0.05, 0.1) is 46.2 Å². The summed E-state index contributed by atoms with van der Waals surface area (Å²) in [5.41, 5.74) is -0.502. The molecular formula is C16H30O8. The number of esters is 2. The first-order valence-corrected chi connectivity index (χ1v) is 7.97. The van der Waals surface area contributed by atoms with E-state index in [1.807, 2.05) is 0 Å². The van der Waals surface area contributed by atoms with Gasteiger partial charge in [0.1, 0.15) is 18.8 Å². The highest BCUT2D eigenvalue weighted by atomic mass is 16.6. The second-order valence-electron chi connectivity index (χ2n) is 5.82. The number of rotatable bonds is 14. The van der Waals surface area contributed by atoms with Gasteiger partial charge < -0.3 is 28.4 Å². The predicted molar refractivity (Wildman–Crippen MR) is 85.8 cm³/mol. The first-order chi connectivity index (χ1) is 11.3. The lowest BCUT2D eigenvalue weighted by atomic mass is 10.2. The van der Waals surface area contributed by atoms with Gasteiger partial charge in [0.25, 0.3) is 0 Å². The molecule has 0 aromatic heterocycles. The van der Waals surface area contributed by atoms with Crippen LogP contribution >= 0.6 is 0 Å². The van der Waals surface area contributed by atoms with Crippen molar-refractivity contribution in [3.8, 4) is 0 Å². The van der Waals surface area contributed by atoms with E-state index < -0.39 is 5.60 Å². The second kappa shape index (κ2) is 14.2. The smallest absolute Gasteiger partial charge is 0.332 e. The molecule has 0 aromatic carbocycles. The molecule has 0 radical (unpaired) electrons. The monoisotopic (exact) mass is 350 g/mol. The maximum absolute atomic E-state index is 11.3. The van der Waals surface area contributed by atoms with E-state index in [1.165, 1.54) is 6.92 Å². The summed E-state index contributed by atoms with van der Waals surface area (Å²) < 4.78 is 30.7. The molecule has 0 bridgehead atoms. The van der Waals surface area contributed by atoms with E-state index in [0.29, 0.717) is 46.2 Å². The Hall–Kier alpha value is -1.22. The van der Waals surface area contributed by atoms with Gasteiger partial charge in [-0.1, -0.05) is 0 Å². The third-order valence-corrected chi connectivity index (χ3v) is 2.29. The molecule has 0 rings (SSSR count). The van der Waals surface area contributed by atoms with Crippen molar-refractivity contribution in [3.05, 3.63) is 0 Å². The lowest BCUT2D eigenvalue weighted by Crippen LogP contribution is -2.27. The van der Waals surface area contributed by atoms with Crippen LogP contribution in [0, 0.1) is 0 Å². The summed E-state index contributed by atoms with van der Waals surface area (Å²) in [5.74, 6) is -0.707. The van der Waals surface area contributed by atoms with Crippen LogP contribution in [-0.2, 0) is 38.0 Å². The van der Waals surface area contributed by atoms with E-state index >= 15 is 0 Å². The highest BCUT2D eigenvalue weighted by molar-refractivity contribution is 5.71. The summed E-state index contributed by atoms with van der Waals surface area (Å²) in [6, 6.07) is 0. The number of carbonyl (C=O) groups excluding carboxylic acids is 2. The van der Waals surface area contributed by atoms with E-state index in [4.69, 9.17) is 28.4 Å². The molecule has 24 heavy (non-hydrogen) atoms. The summed E-state index contributed by atoms with van der Waals surface area (Å²) >= 11 is 0. The van der Waals surface area contributed by atoms with E-state index in [1.54, 1.807) is 20.8 Å². The van der Waals surface area contributed by atoms with Crippen LogP contribution < -0.4 is 0 Å². The minimum atomic E-state index is -0.502. The fourth-order valence-electron chi connectivity index (χ4n) is 1.43. The van der Waals surface area contributed by atoms with E-state index in [0.717, 1.165) is 0 Å². The molecule has 8 heteroatoms. The predicted octanol–water partition coefficient (Wildman–Crippen LogP) is 0.958. The van der Waals surface area contributed by atoms with Crippen LogP contribution in [0.4, 0.5) is 0 Å². The molecular weight excluding hydrogens is 320 g/mol. The molecule has 0 N–H and O–H groups in total. The van der Waals surface area contributed by atoms with Gasteiger partial charge in [-0.05, 0) is 20.8 Å². The Morgan fingerprint density at radius 1 is 0.708 bits per heavy atom. The van der Waals surface area contributed by atoms with Gasteiger partial charge in [-0.2, -0.15) is 0 Å². The average molecular weight is 350 g/mol. The molecule has 142 valence electrons. The Bertz CT molecular complexity index is 337. The first kappa shape index (κ1) is 22.8. The minimum Gasteiger partial charge on any atom is -0.463 e. The summed E-state index contributed by atoms with van der Waals surface area (Å²) in [4.78, 5) is 21.8. The zero-order valence-electron chi connectivity index (χ0n) is 15.1. The number of hydrogen-bond donors (Lipinski definition) is 0. The van der Waals surface area contributed by atoms with E-state index in [2.05, 4.69) is 0 Å². The molecule has 0 spiro atoms.